The van der Waals surface area contributed by atoms with Crippen LogP contribution in [-0.2, 0) is 0 Å². The molecule has 0 bridgehead atoms. The molecule has 4 rings (SSSR count). The molecule has 3 nitrogen and oxygen atoms in total. The van der Waals surface area contributed by atoms with Gasteiger partial charge in [-0.25, -0.2) is 4.85 Å². The van der Waals surface area contributed by atoms with E-state index in [9.17, 15) is 4.79 Å². The lowest BCUT2D eigenvalue weighted by Crippen LogP contribution is -2.10. The summed E-state index contributed by atoms with van der Waals surface area (Å²) in [6.45, 7) is 9.33. The second-order valence-electron chi connectivity index (χ2n) is 5.11. The van der Waals surface area contributed by atoms with Crippen molar-refractivity contribution >= 4 is 22.4 Å². The molecule has 0 amide bonds. The number of carbonyl (C=O) groups excluding carboxylic acids is 1. The van der Waals surface area contributed by atoms with E-state index in [-0.39, 0.29) is 5.78 Å². The van der Waals surface area contributed by atoms with Crippen molar-refractivity contribution < 1.29 is 4.79 Å². The Morgan fingerprint density at radius 1 is 1.00 bits per heavy atom. The van der Waals surface area contributed by atoms with Gasteiger partial charge in [0.25, 0.3) is 0 Å². The van der Waals surface area contributed by atoms with Crippen LogP contribution in [0, 0.1) is 13.5 Å². The zero-order valence-corrected chi connectivity index (χ0v) is 11.3. The van der Waals surface area contributed by atoms with Gasteiger partial charge in [0.1, 0.15) is 0 Å². The summed E-state index contributed by atoms with van der Waals surface area (Å²) in [7, 11) is 0. The Labute approximate surface area is 121 Å². The minimum Gasteiger partial charge on any atom is -0.289 e. The van der Waals surface area contributed by atoms with Crippen molar-refractivity contribution in [3.8, 4) is 11.1 Å². The summed E-state index contributed by atoms with van der Waals surface area (Å²) in [6.07, 6.45) is 0. The number of nitrogens with zero attached hydrogens (tertiary/aromatic N) is 2. The molecule has 0 spiro atoms. The second-order valence-corrected chi connectivity index (χ2v) is 5.11. The highest BCUT2D eigenvalue weighted by Gasteiger charge is 2.28. The van der Waals surface area contributed by atoms with Gasteiger partial charge in [-0.2, -0.15) is 0 Å². The van der Waals surface area contributed by atoms with E-state index in [2.05, 4.69) is 9.83 Å². The molecule has 1 heterocycles. The fraction of sp³-hybridized carbons (Fsp3) is 0.0556. The predicted octanol–water partition coefficient (Wildman–Crippen LogP) is 4.31. The first-order chi connectivity index (χ1) is 10.2. The minimum absolute atomic E-state index is 0.00489. The van der Waals surface area contributed by atoms with E-state index >= 15 is 0 Å². The number of aromatic nitrogens is 1. The van der Waals surface area contributed by atoms with Crippen molar-refractivity contribution in [2.45, 2.75) is 6.92 Å². The largest absolute Gasteiger partial charge is 0.289 e. The van der Waals surface area contributed by atoms with Gasteiger partial charge in [0, 0.05) is 27.8 Å². The minimum atomic E-state index is 0.00489. The quantitative estimate of drug-likeness (QED) is 0.446. The number of rotatable bonds is 0. The molecule has 98 valence electrons. The molecule has 2 aromatic carbocycles. The summed E-state index contributed by atoms with van der Waals surface area (Å²) in [5.74, 6) is 0.00489. The van der Waals surface area contributed by atoms with Gasteiger partial charge in [-0.05, 0) is 18.6 Å². The Kier molecular flexibility index (Phi) is 2.25. The molecule has 0 N–H and O–H groups in total. The third-order valence-electron chi connectivity index (χ3n) is 3.96. The Bertz CT molecular complexity index is 980. The van der Waals surface area contributed by atoms with Gasteiger partial charge >= 0.3 is 0 Å². The molecule has 3 aromatic rings. The predicted molar refractivity (Wildman–Crippen MR) is 81.6 cm³/mol. The molecule has 0 radical (unpaired) electrons. The van der Waals surface area contributed by atoms with Crippen LogP contribution >= 0.6 is 0 Å². The van der Waals surface area contributed by atoms with Gasteiger partial charge in [0.05, 0.1) is 12.1 Å². The number of benzene rings is 2. The fourth-order valence-corrected chi connectivity index (χ4v) is 3.06. The SMILES string of the molecule is [C-]#[N+]c1c(C)nc2cccc3c2c1-c1ccccc1C3=O. The van der Waals surface area contributed by atoms with Gasteiger partial charge in [0.2, 0.25) is 5.69 Å². The molecule has 0 atom stereocenters. The molecule has 0 saturated carbocycles. The molecule has 0 unspecified atom stereocenters. The average Bonchev–Trinajstić information content (AvgIpc) is 2.51. The number of fused-ring (bicyclic) bond motifs is 2. The highest BCUT2D eigenvalue weighted by Crippen LogP contribution is 2.45. The van der Waals surface area contributed by atoms with Crippen molar-refractivity contribution in [3.05, 3.63) is 70.7 Å². The van der Waals surface area contributed by atoms with E-state index in [4.69, 9.17) is 6.57 Å². The van der Waals surface area contributed by atoms with E-state index in [1.54, 1.807) is 0 Å². The van der Waals surface area contributed by atoms with E-state index in [0.717, 1.165) is 22.0 Å². The summed E-state index contributed by atoms with van der Waals surface area (Å²) >= 11 is 0. The highest BCUT2D eigenvalue weighted by molar-refractivity contribution is 6.27. The van der Waals surface area contributed by atoms with Crippen LogP contribution < -0.4 is 0 Å². The number of aryl methyl sites for hydroxylation is 1. The number of carbonyl (C=O) groups is 1. The van der Waals surface area contributed by atoms with Crippen LogP contribution in [0.3, 0.4) is 0 Å². The van der Waals surface area contributed by atoms with Gasteiger partial charge in [-0.3, -0.25) is 9.78 Å². The molecule has 0 fully saturated rings. The monoisotopic (exact) mass is 270 g/mol. The first-order valence-corrected chi connectivity index (χ1v) is 6.67. The molecule has 0 saturated heterocycles. The summed E-state index contributed by atoms with van der Waals surface area (Å²) in [6, 6.07) is 13.0. The van der Waals surface area contributed by atoms with Crippen molar-refractivity contribution in [1.29, 1.82) is 0 Å². The lowest BCUT2D eigenvalue weighted by atomic mass is 9.83. The van der Waals surface area contributed by atoms with Gasteiger partial charge < -0.3 is 0 Å². The lowest BCUT2D eigenvalue weighted by molar-refractivity contribution is 0.104. The van der Waals surface area contributed by atoms with Crippen LogP contribution in [0.4, 0.5) is 5.69 Å². The number of pyridine rings is 1. The van der Waals surface area contributed by atoms with Crippen molar-refractivity contribution in [1.82, 2.24) is 4.98 Å². The molecular weight excluding hydrogens is 260 g/mol. The Balaban J connectivity index is 2.34. The summed E-state index contributed by atoms with van der Waals surface area (Å²) in [5, 5.41) is 0.804. The number of ketones is 1. The van der Waals surface area contributed by atoms with Crippen LogP contribution in [0.5, 0.6) is 0 Å². The van der Waals surface area contributed by atoms with Crippen LogP contribution in [-0.4, -0.2) is 10.8 Å². The highest BCUT2D eigenvalue weighted by atomic mass is 16.1. The van der Waals surface area contributed by atoms with E-state index < -0.39 is 0 Å². The third-order valence-corrected chi connectivity index (χ3v) is 3.96. The van der Waals surface area contributed by atoms with Crippen LogP contribution in [0.1, 0.15) is 21.6 Å². The second kappa shape index (κ2) is 4.00. The van der Waals surface area contributed by atoms with E-state index in [1.165, 1.54) is 0 Å². The Morgan fingerprint density at radius 2 is 1.71 bits per heavy atom. The summed E-state index contributed by atoms with van der Waals surface area (Å²) in [5.41, 5.74) is 4.99. The van der Waals surface area contributed by atoms with Crippen LogP contribution in [0.2, 0.25) is 0 Å². The standard InChI is InChI=1S/C18H10N2O/c1-10-17(19-2)16-11-6-3-4-7-12(11)18(21)13-8-5-9-14(20-10)15(13)16/h3-9H,1H3. The molecule has 3 heteroatoms. The topological polar surface area (TPSA) is 34.3 Å². The summed E-state index contributed by atoms with van der Waals surface area (Å²) < 4.78 is 0. The van der Waals surface area contributed by atoms with Gasteiger partial charge in [0.15, 0.2) is 5.78 Å². The Morgan fingerprint density at radius 3 is 2.48 bits per heavy atom. The maximum atomic E-state index is 12.7. The van der Waals surface area contributed by atoms with Gasteiger partial charge in [-0.1, -0.05) is 36.4 Å². The first-order valence-electron chi connectivity index (χ1n) is 6.67. The van der Waals surface area contributed by atoms with Crippen LogP contribution in [0.25, 0.3) is 26.9 Å². The Hall–Kier alpha value is -2.99. The van der Waals surface area contributed by atoms with Crippen molar-refractivity contribution in [2.24, 2.45) is 0 Å². The van der Waals surface area contributed by atoms with E-state index in [0.29, 0.717) is 22.5 Å². The van der Waals surface area contributed by atoms with Crippen LogP contribution in [0.15, 0.2) is 42.5 Å². The smallest absolute Gasteiger partial charge is 0.216 e. The molecule has 1 aliphatic rings. The molecule has 1 aliphatic carbocycles. The van der Waals surface area contributed by atoms with E-state index in [1.807, 2.05) is 49.4 Å². The lowest BCUT2D eigenvalue weighted by Gasteiger charge is -2.21. The molecule has 1 aromatic heterocycles. The maximum absolute atomic E-state index is 12.7. The van der Waals surface area contributed by atoms with Crippen molar-refractivity contribution in [2.75, 3.05) is 0 Å². The zero-order chi connectivity index (χ0) is 14.6. The maximum Gasteiger partial charge on any atom is 0.216 e. The molecular formula is C18H10N2O. The van der Waals surface area contributed by atoms with Crippen molar-refractivity contribution in [3.63, 3.8) is 0 Å². The normalized spacial score (nSPS) is 12.1. The third kappa shape index (κ3) is 1.42. The number of hydrogen-bond donors (Lipinski definition) is 0. The average molecular weight is 270 g/mol. The fourth-order valence-electron chi connectivity index (χ4n) is 3.06. The zero-order valence-electron chi connectivity index (χ0n) is 11.3. The first kappa shape index (κ1) is 11.8. The molecule has 21 heavy (non-hydrogen) atoms. The summed E-state index contributed by atoms with van der Waals surface area (Å²) in [4.78, 5) is 20.8. The van der Waals surface area contributed by atoms with Gasteiger partial charge in [-0.15, -0.1) is 0 Å². The molecule has 0 aliphatic heterocycles. The number of hydrogen-bond acceptors (Lipinski definition) is 2.